The molecule has 1 N–H and O–H groups in total. The summed E-state index contributed by atoms with van der Waals surface area (Å²) in [6.07, 6.45) is 6.85. The van der Waals surface area contributed by atoms with Crippen molar-refractivity contribution in [1.82, 2.24) is 0 Å². The van der Waals surface area contributed by atoms with Crippen LogP contribution in [0.1, 0.15) is 25.8 Å². The number of anilines is 2. The molecule has 0 saturated carbocycles. The third kappa shape index (κ3) is 3.60. The van der Waals surface area contributed by atoms with Crippen LogP contribution in [-0.2, 0) is 21.2 Å². The highest BCUT2D eigenvalue weighted by molar-refractivity contribution is 7.92. The number of sulfonamides is 1. The molecular formula is C16H20N2O3S. The molecule has 5 nitrogen and oxygen atoms in total. The van der Waals surface area contributed by atoms with Crippen LogP contribution < -0.4 is 9.62 Å². The molecule has 22 heavy (non-hydrogen) atoms. The Morgan fingerprint density at radius 3 is 2.82 bits per heavy atom. The van der Waals surface area contributed by atoms with Gasteiger partial charge in [-0.15, -0.1) is 6.42 Å². The van der Waals surface area contributed by atoms with Gasteiger partial charge in [0.25, 0.3) is 0 Å². The van der Waals surface area contributed by atoms with Crippen LogP contribution in [0.5, 0.6) is 0 Å². The number of rotatable bonds is 4. The first-order valence-electron chi connectivity index (χ1n) is 7.22. The van der Waals surface area contributed by atoms with E-state index in [0.717, 1.165) is 24.1 Å². The average Bonchev–Trinajstić information content (AvgIpc) is 2.45. The molecule has 1 amide bonds. The minimum absolute atomic E-state index is 0.0459. The number of aryl methyl sites for hydroxylation is 1. The second-order valence-electron chi connectivity index (χ2n) is 5.66. The largest absolute Gasteiger partial charge is 0.312 e. The number of hydrogen-bond acceptors (Lipinski definition) is 3. The van der Waals surface area contributed by atoms with Crippen LogP contribution in [0, 0.1) is 18.3 Å². The van der Waals surface area contributed by atoms with Crippen LogP contribution in [0.2, 0.25) is 0 Å². The number of terminal acetylenes is 1. The van der Waals surface area contributed by atoms with Crippen molar-refractivity contribution in [1.29, 1.82) is 0 Å². The number of nitrogens with one attached hydrogen (secondary N) is 1. The molecule has 0 aliphatic carbocycles. The molecular weight excluding hydrogens is 300 g/mol. The Kier molecular flexibility index (Phi) is 4.77. The van der Waals surface area contributed by atoms with Crippen LogP contribution in [0.25, 0.3) is 0 Å². The van der Waals surface area contributed by atoms with Gasteiger partial charge in [-0.05, 0) is 30.5 Å². The monoisotopic (exact) mass is 320 g/mol. The maximum absolute atomic E-state index is 12.3. The van der Waals surface area contributed by atoms with Gasteiger partial charge >= 0.3 is 0 Å². The number of amides is 1. The summed E-state index contributed by atoms with van der Waals surface area (Å²) in [7, 11) is -3.55. The molecule has 0 atom stereocenters. The number of fused-ring (bicyclic) bond motifs is 1. The smallest absolute Gasteiger partial charge is 0.244 e. The molecule has 2 rings (SSSR count). The normalized spacial score (nSPS) is 14.4. The molecule has 1 aliphatic heterocycles. The van der Waals surface area contributed by atoms with E-state index >= 15 is 0 Å². The van der Waals surface area contributed by atoms with Gasteiger partial charge in [-0.25, -0.2) is 8.42 Å². The van der Waals surface area contributed by atoms with E-state index in [9.17, 15) is 13.2 Å². The van der Waals surface area contributed by atoms with E-state index in [4.69, 9.17) is 6.42 Å². The lowest BCUT2D eigenvalue weighted by atomic mass is 9.99. The van der Waals surface area contributed by atoms with Crippen molar-refractivity contribution in [2.45, 2.75) is 26.7 Å². The molecule has 0 bridgehead atoms. The van der Waals surface area contributed by atoms with Gasteiger partial charge in [-0.3, -0.25) is 9.52 Å². The zero-order chi connectivity index (χ0) is 16.3. The Balaban J connectivity index is 2.34. The van der Waals surface area contributed by atoms with Gasteiger partial charge < -0.3 is 4.90 Å². The molecule has 0 saturated heterocycles. The first-order valence-corrected chi connectivity index (χ1v) is 8.87. The lowest BCUT2D eigenvalue weighted by molar-refractivity contribution is -0.121. The molecule has 0 radical (unpaired) electrons. The zero-order valence-corrected chi connectivity index (χ0v) is 13.6. The molecule has 0 fully saturated rings. The lowest BCUT2D eigenvalue weighted by Gasteiger charge is -2.31. The Bertz CT molecular complexity index is 717. The highest BCUT2D eigenvalue weighted by Crippen LogP contribution is 2.31. The molecule has 1 aromatic rings. The summed E-state index contributed by atoms with van der Waals surface area (Å²) in [5.74, 6) is 1.68. The quantitative estimate of drug-likeness (QED) is 0.863. The number of carbonyl (C=O) groups is 1. The molecule has 0 unspecified atom stereocenters. The molecule has 118 valence electrons. The van der Waals surface area contributed by atoms with Gasteiger partial charge in [0.2, 0.25) is 15.9 Å². The third-order valence-electron chi connectivity index (χ3n) is 3.51. The molecule has 1 heterocycles. The molecule has 1 aliphatic rings. The average molecular weight is 320 g/mol. The highest BCUT2D eigenvalue weighted by atomic mass is 32.2. The SMILES string of the molecule is C#CCS(=O)(=O)Nc1ccc2c(c1)N(C(=O)C(C)C)CCC2. The Morgan fingerprint density at radius 2 is 2.18 bits per heavy atom. The molecule has 0 spiro atoms. The Hall–Kier alpha value is -2.00. The van der Waals surface area contributed by atoms with Gasteiger partial charge in [-0.2, -0.15) is 0 Å². The topological polar surface area (TPSA) is 66.5 Å². The Labute approximate surface area is 131 Å². The maximum atomic E-state index is 12.3. The Morgan fingerprint density at radius 1 is 1.45 bits per heavy atom. The highest BCUT2D eigenvalue weighted by Gasteiger charge is 2.25. The minimum Gasteiger partial charge on any atom is -0.312 e. The standard InChI is InChI=1S/C16H20N2O3S/c1-4-10-22(20,21)17-14-8-7-13-6-5-9-18(15(13)11-14)16(19)12(2)3/h1,7-8,11-12,17H,5-6,9-10H2,2-3H3. The van der Waals surface area contributed by atoms with Crippen LogP contribution in [0.3, 0.4) is 0 Å². The van der Waals surface area contributed by atoms with Crippen molar-refractivity contribution >= 4 is 27.3 Å². The van der Waals surface area contributed by atoms with Gasteiger partial charge in [0, 0.05) is 18.2 Å². The number of carbonyl (C=O) groups excluding carboxylic acids is 1. The first-order chi connectivity index (χ1) is 10.3. The van der Waals surface area contributed by atoms with Gasteiger partial charge in [-0.1, -0.05) is 25.8 Å². The van der Waals surface area contributed by atoms with E-state index in [-0.39, 0.29) is 17.6 Å². The zero-order valence-electron chi connectivity index (χ0n) is 12.8. The summed E-state index contributed by atoms with van der Waals surface area (Å²) in [6, 6.07) is 5.28. The molecule has 1 aromatic carbocycles. The second kappa shape index (κ2) is 6.41. The minimum atomic E-state index is -3.55. The third-order valence-corrected chi connectivity index (χ3v) is 4.60. The van der Waals surface area contributed by atoms with Crippen LogP contribution >= 0.6 is 0 Å². The predicted octanol–water partition coefficient (Wildman–Crippen LogP) is 2.00. The number of nitrogens with zero attached hydrogens (tertiary/aromatic N) is 1. The summed E-state index contributed by atoms with van der Waals surface area (Å²) in [5, 5.41) is 0. The van der Waals surface area contributed by atoms with Crippen molar-refractivity contribution in [3.8, 4) is 12.3 Å². The second-order valence-corrected chi connectivity index (χ2v) is 7.38. The maximum Gasteiger partial charge on any atom is 0.244 e. The van der Waals surface area contributed by atoms with Crippen molar-refractivity contribution < 1.29 is 13.2 Å². The molecule has 6 heteroatoms. The number of benzene rings is 1. The van der Waals surface area contributed by atoms with E-state index in [1.807, 2.05) is 19.9 Å². The fourth-order valence-electron chi connectivity index (χ4n) is 2.50. The van der Waals surface area contributed by atoms with Gasteiger partial charge in [0.15, 0.2) is 0 Å². The summed E-state index contributed by atoms with van der Waals surface area (Å²) < 4.78 is 26.0. The van der Waals surface area contributed by atoms with E-state index in [1.54, 1.807) is 17.0 Å². The fraction of sp³-hybridized carbons (Fsp3) is 0.438. The summed E-state index contributed by atoms with van der Waals surface area (Å²) >= 11 is 0. The van der Waals surface area contributed by atoms with E-state index in [1.165, 1.54) is 0 Å². The first kappa shape index (κ1) is 16.4. The van der Waals surface area contributed by atoms with E-state index in [0.29, 0.717) is 12.2 Å². The van der Waals surface area contributed by atoms with Crippen LogP contribution in [-0.4, -0.2) is 26.6 Å². The van der Waals surface area contributed by atoms with Crippen LogP contribution in [0.4, 0.5) is 11.4 Å². The van der Waals surface area contributed by atoms with Gasteiger partial charge in [0.05, 0.1) is 5.69 Å². The van der Waals surface area contributed by atoms with Crippen molar-refractivity contribution in [2.24, 2.45) is 5.92 Å². The predicted molar refractivity (Wildman–Crippen MR) is 88.2 cm³/mol. The van der Waals surface area contributed by atoms with Crippen molar-refractivity contribution in [2.75, 3.05) is 21.9 Å². The van der Waals surface area contributed by atoms with Crippen molar-refractivity contribution in [3.05, 3.63) is 23.8 Å². The molecule has 0 aromatic heterocycles. The lowest BCUT2D eigenvalue weighted by Crippen LogP contribution is -2.38. The summed E-state index contributed by atoms with van der Waals surface area (Å²) in [4.78, 5) is 14.1. The summed E-state index contributed by atoms with van der Waals surface area (Å²) in [5.41, 5.74) is 2.27. The fourth-order valence-corrected chi connectivity index (χ4v) is 3.28. The van der Waals surface area contributed by atoms with E-state index in [2.05, 4.69) is 10.6 Å². The van der Waals surface area contributed by atoms with E-state index < -0.39 is 10.0 Å². The van der Waals surface area contributed by atoms with Gasteiger partial charge in [0.1, 0.15) is 5.75 Å². The van der Waals surface area contributed by atoms with Crippen LogP contribution in [0.15, 0.2) is 18.2 Å². The number of hydrogen-bond donors (Lipinski definition) is 1. The summed E-state index contributed by atoms with van der Waals surface area (Å²) in [6.45, 7) is 4.37. The van der Waals surface area contributed by atoms with Crippen molar-refractivity contribution in [3.63, 3.8) is 0 Å².